The van der Waals surface area contributed by atoms with E-state index in [0.717, 1.165) is 11.3 Å². The van der Waals surface area contributed by atoms with E-state index >= 15 is 0 Å². The van der Waals surface area contributed by atoms with Gasteiger partial charge in [-0.3, -0.25) is 4.79 Å². The number of pyridine rings is 1. The van der Waals surface area contributed by atoms with Crippen molar-refractivity contribution in [2.45, 2.75) is 13.5 Å². The van der Waals surface area contributed by atoms with Gasteiger partial charge in [-0.2, -0.15) is 0 Å². The number of amides is 1. The lowest BCUT2D eigenvalue weighted by atomic mass is 10.1. The topological polar surface area (TPSA) is 78.9 Å². The summed E-state index contributed by atoms with van der Waals surface area (Å²) in [5.74, 6) is 2.51. The maximum atomic E-state index is 12.6. The lowest BCUT2D eigenvalue weighted by molar-refractivity contribution is 0.0949. The number of fused-ring (bicyclic) bond motifs is 1. The minimum atomic E-state index is -0.273. The summed E-state index contributed by atoms with van der Waals surface area (Å²) in [6, 6.07) is 14.1. The fourth-order valence-corrected chi connectivity index (χ4v) is 3.30. The molecule has 8 heteroatoms. The number of benzene rings is 2. The molecule has 1 aromatic heterocycles. The van der Waals surface area contributed by atoms with Crippen molar-refractivity contribution in [1.82, 2.24) is 10.3 Å². The molecule has 2 heterocycles. The van der Waals surface area contributed by atoms with Gasteiger partial charge < -0.3 is 24.3 Å². The standard InChI is InChI=1S/C23H21ClN2O5/c1-2-28-17-3-5-18(6-4-17)31-21-11-15(7-8-25-21)14-26-23(27)16-12-19(24)22-20(13-16)29-9-10-30-22/h3-8,11-13H,2,9-10,14H2,1H3,(H,26,27). The maximum absolute atomic E-state index is 12.6. The normalized spacial score (nSPS) is 12.2. The quantitative estimate of drug-likeness (QED) is 0.577. The smallest absolute Gasteiger partial charge is 0.251 e. The third-order valence-electron chi connectivity index (χ3n) is 4.47. The van der Waals surface area contributed by atoms with E-state index in [1.54, 1.807) is 24.4 Å². The second kappa shape index (κ2) is 9.57. The monoisotopic (exact) mass is 440 g/mol. The Morgan fingerprint density at radius 3 is 2.68 bits per heavy atom. The summed E-state index contributed by atoms with van der Waals surface area (Å²) in [5.41, 5.74) is 1.24. The molecule has 31 heavy (non-hydrogen) atoms. The van der Waals surface area contributed by atoms with Gasteiger partial charge in [0.25, 0.3) is 5.91 Å². The molecule has 0 fully saturated rings. The summed E-state index contributed by atoms with van der Waals surface area (Å²) in [6.07, 6.45) is 1.63. The molecule has 3 aromatic rings. The first-order chi connectivity index (χ1) is 15.1. The zero-order valence-electron chi connectivity index (χ0n) is 16.9. The van der Waals surface area contributed by atoms with Gasteiger partial charge in [0.1, 0.15) is 24.7 Å². The molecule has 1 amide bonds. The van der Waals surface area contributed by atoms with Crippen molar-refractivity contribution in [2.75, 3.05) is 19.8 Å². The maximum Gasteiger partial charge on any atom is 0.251 e. The zero-order chi connectivity index (χ0) is 21.6. The molecular formula is C23H21ClN2O5. The summed E-state index contributed by atoms with van der Waals surface area (Å²) >= 11 is 6.22. The fourth-order valence-electron chi connectivity index (χ4n) is 3.03. The summed E-state index contributed by atoms with van der Waals surface area (Å²) in [6.45, 7) is 3.69. The molecule has 1 aliphatic heterocycles. The molecule has 1 N–H and O–H groups in total. The van der Waals surface area contributed by atoms with Crippen LogP contribution < -0.4 is 24.3 Å². The third-order valence-corrected chi connectivity index (χ3v) is 4.75. The fraction of sp³-hybridized carbons (Fsp3) is 0.217. The van der Waals surface area contributed by atoms with Crippen LogP contribution in [0.25, 0.3) is 0 Å². The lowest BCUT2D eigenvalue weighted by Gasteiger charge is -2.20. The molecule has 0 spiro atoms. The number of ether oxygens (including phenoxy) is 4. The molecule has 0 aliphatic carbocycles. The summed E-state index contributed by atoms with van der Waals surface area (Å²) < 4.78 is 22.2. The first-order valence-corrected chi connectivity index (χ1v) is 10.2. The number of rotatable bonds is 7. The van der Waals surface area contributed by atoms with Crippen molar-refractivity contribution < 1.29 is 23.7 Å². The van der Waals surface area contributed by atoms with Crippen molar-refractivity contribution in [3.63, 3.8) is 0 Å². The molecule has 0 bridgehead atoms. The van der Waals surface area contributed by atoms with Gasteiger partial charge in [0, 0.05) is 24.4 Å². The highest BCUT2D eigenvalue weighted by Gasteiger charge is 2.19. The van der Waals surface area contributed by atoms with Gasteiger partial charge in [0.05, 0.1) is 11.6 Å². The Labute approximate surface area is 184 Å². The van der Waals surface area contributed by atoms with Gasteiger partial charge in [-0.05, 0) is 55.0 Å². The van der Waals surface area contributed by atoms with Crippen LogP contribution in [0.5, 0.6) is 28.9 Å². The Morgan fingerprint density at radius 1 is 1.10 bits per heavy atom. The van der Waals surface area contributed by atoms with Crippen molar-refractivity contribution in [3.05, 3.63) is 70.9 Å². The van der Waals surface area contributed by atoms with Crippen LogP contribution in [0.1, 0.15) is 22.8 Å². The average Bonchev–Trinajstić information content (AvgIpc) is 2.79. The highest BCUT2D eigenvalue weighted by molar-refractivity contribution is 6.32. The van der Waals surface area contributed by atoms with E-state index in [1.807, 2.05) is 37.3 Å². The van der Waals surface area contributed by atoms with Crippen LogP contribution in [0.2, 0.25) is 5.02 Å². The zero-order valence-corrected chi connectivity index (χ0v) is 17.6. The molecule has 0 atom stereocenters. The average molecular weight is 441 g/mol. The molecule has 4 rings (SSSR count). The van der Waals surface area contributed by atoms with Crippen molar-refractivity contribution in [1.29, 1.82) is 0 Å². The van der Waals surface area contributed by atoms with Gasteiger partial charge in [-0.1, -0.05) is 11.6 Å². The van der Waals surface area contributed by atoms with E-state index in [1.165, 1.54) is 0 Å². The summed E-state index contributed by atoms with van der Waals surface area (Å²) in [4.78, 5) is 16.8. The Hall–Kier alpha value is -3.45. The number of aromatic nitrogens is 1. The van der Waals surface area contributed by atoms with Crippen LogP contribution in [0.4, 0.5) is 0 Å². The van der Waals surface area contributed by atoms with Gasteiger partial charge >= 0.3 is 0 Å². The molecular weight excluding hydrogens is 420 g/mol. The van der Waals surface area contributed by atoms with Crippen molar-refractivity contribution in [3.8, 4) is 28.9 Å². The number of hydrogen-bond donors (Lipinski definition) is 1. The highest BCUT2D eigenvalue weighted by Crippen LogP contribution is 2.38. The van der Waals surface area contributed by atoms with Gasteiger partial charge in [0.15, 0.2) is 11.5 Å². The summed E-state index contributed by atoms with van der Waals surface area (Å²) in [5, 5.41) is 3.21. The number of hydrogen-bond acceptors (Lipinski definition) is 6. The molecule has 1 aliphatic rings. The second-order valence-corrected chi connectivity index (χ2v) is 7.08. The summed E-state index contributed by atoms with van der Waals surface area (Å²) in [7, 11) is 0. The highest BCUT2D eigenvalue weighted by atomic mass is 35.5. The minimum absolute atomic E-state index is 0.273. The van der Waals surface area contributed by atoms with Crippen LogP contribution in [0, 0.1) is 0 Å². The van der Waals surface area contributed by atoms with E-state index in [0.29, 0.717) is 60.1 Å². The van der Waals surface area contributed by atoms with E-state index < -0.39 is 0 Å². The molecule has 2 aromatic carbocycles. The number of carbonyl (C=O) groups is 1. The van der Waals surface area contributed by atoms with Crippen LogP contribution in [0.15, 0.2) is 54.7 Å². The van der Waals surface area contributed by atoms with E-state index in [-0.39, 0.29) is 5.91 Å². The predicted octanol–water partition coefficient (Wildman–Crippen LogP) is 4.63. The Balaban J connectivity index is 1.39. The Kier molecular flexibility index (Phi) is 6.43. The van der Waals surface area contributed by atoms with E-state index in [9.17, 15) is 4.79 Å². The van der Waals surface area contributed by atoms with E-state index in [4.69, 9.17) is 30.5 Å². The SMILES string of the molecule is CCOc1ccc(Oc2cc(CNC(=O)c3cc(Cl)c4c(c3)OCCO4)ccn2)cc1. The lowest BCUT2D eigenvalue weighted by Crippen LogP contribution is -2.23. The molecule has 7 nitrogen and oxygen atoms in total. The number of halogens is 1. The Bertz CT molecular complexity index is 1070. The van der Waals surface area contributed by atoms with Gasteiger partial charge in [0.2, 0.25) is 5.88 Å². The number of nitrogens with one attached hydrogen (secondary N) is 1. The van der Waals surface area contributed by atoms with Crippen LogP contribution in [-0.2, 0) is 6.54 Å². The first-order valence-electron chi connectivity index (χ1n) is 9.85. The third kappa shape index (κ3) is 5.19. The molecule has 0 unspecified atom stereocenters. The number of nitrogens with zero attached hydrogens (tertiary/aromatic N) is 1. The van der Waals surface area contributed by atoms with E-state index in [2.05, 4.69) is 10.3 Å². The Morgan fingerprint density at radius 2 is 1.87 bits per heavy atom. The van der Waals surface area contributed by atoms with Gasteiger partial charge in [-0.25, -0.2) is 4.98 Å². The van der Waals surface area contributed by atoms with Crippen LogP contribution in [0.3, 0.4) is 0 Å². The molecule has 0 saturated heterocycles. The van der Waals surface area contributed by atoms with Gasteiger partial charge in [-0.15, -0.1) is 0 Å². The number of carbonyl (C=O) groups excluding carboxylic acids is 1. The largest absolute Gasteiger partial charge is 0.494 e. The van der Waals surface area contributed by atoms with Crippen LogP contribution >= 0.6 is 11.6 Å². The first kappa shape index (κ1) is 20.8. The molecule has 160 valence electrons. The predicted molar refractivity (Wildman–Crippen MR) is 116 cm³/mol. The molecule has 0 saturated carbocycles. The van der Waals surface area contributed by atoms with Crippen LogP contribution in [-0.4, -0.2) is 30.7 Å². The molecule has 0 radical (unpaired) electrons. The second-order valence-electron chi connectivity index (χ2n) is 6.67. The minimum Gasteiger partial charge on any atom is -0.494 e. The van der Waals surface area contributed by atoms with Crippen molar-refractivity contribution in [2.24, 2.45) is 0 Å². The van der Waals surface area contributed by atoms with Crippen molar-refractivity contribution >= 4 is 17.5 Å².